The molecule has 3 nitrogen and oxygen atoms in total. The lowest BCUT2D eigenvalue weighted by Gasteiger charge is -2.42. The smallest absolute Gasteiger partial charge is 0.309 e. The van der Waals surface area contributed by atoms with Gasteiger partial charge in [0.15, 0.2) is 0 Å². The van der Waals surface area contributed by atoms with E-state index in [1.54, 1.807) is 19.1 Å². The number of carboxylic acids is 1. The number of fused-ring (bicyclic) bond motifs is 1. The first-order valence-electron chi connectivity index (χ1n) is 8.28. The first kappa shape index (κ1) is 16.7. The molecule has 0 atom stereocenters. The van der Waals surface area contributed by atoms with Crippen molar-refractivity contribution < 1.29 is 23.1 Å². The van der Waals surface area contributed by atoms with Crippen molar-refractivity contribution in [3.8, 4) is 11.3 Å². The fourth-order valence-electron chi connectivity index (χ4n) is 3.91. The lowest BCUT2D eigenvalue weighted by molar-refractivity contribution is -0.154. The van der Waals surface area contributed by atoms with Gasteiger partial charge in [0.2, 0.25) is 0 Å². The van der Waals surface area contributed by atoms with E-state index in [1.807, 2.05) is 0 Å². The minimum atomic E-state index is -0.880. The van der Waals surface area contributed by atoms with Gasteiger partial charge in [0.1, 0.15) is 17.5 Å². The summed E-state index contributed by atoms with van der Waals surface area (Å²) in [4.78, 5) is 14.4. The largest absolute Gasteiger partial charge is 0.481 e. The Labute approximate surface area is 147 Å². The van der Waals surface area contributed by atoms with Crippen LogP contribution in [0, 0.1) is 22.9 Å². The summed E-state index contributed by atoms with van der Waals surface area (Å²) in [6.45, 7) is 1.67. The Balaban J connectivity index is 1.90. The second kappa shape index (κ2) is 5.62. The molecule has 0 amide bonds. The van der Waals surface area contributed by atoms with Crippen molar-refractivity contribution >= 4 is 16.9 Å². The van der Waals surface area contributed by atoms with Gasteiger partial charge in [-0.25, -0.2) is 13.2 Å². The molecular formula is C20H16F3NO2. The summed E-state index contributed by atoms with van der Waals surface area (Å²) in [5.74, 6) is -2.83. The molecule has 1 heterocycles. The molecule has 1 fully saturated rings. The van der Waals surface area contributed by atoms with Crippen LogP contribution < -0.4 is 0 Å². The molecule has 0 unspecified atom stereocenters. The van der Waals surface area contributed by atoms with E-state index in [4.69, 9.17) is 0 Å². The quantitative estimate of drug-likeness (QED) is 0.674. The number of nitrogens with one attached hydrogen (secondary N) is 1. The van der Waals surface area contributed by atoms with Crippen LogP contribution in [0.4, 0.5) is 13.2 Å². The summed E-state index contributed by atoms with van der Waals surface area (Å²) in [7, 11) is 0. The van der Waals surface area contributed by atoms with E-state index < -0.39 is 28.8 Å². The maximum Gasteiger partial charge on any atom is 0.309 e. The number of halogens is 3. The number of aliphatic carboxylic acids is 1. The van der Waals surface area contributed by atoms with Gasteiger partial charge < -0.3 is 10.1 Å². The molecule has 0 bridgehead atoms. The van der Waals surface area contributed by atoms with E-state index in [9.17, 15) is 23.1 Å². The maximum atomic E-state index is 14.3. The lowest BCUT2D eigenvalue weighted by Crippen LogP contribution is -2.40. The minimum absolute atomic E-state index is 0.147. The topological polar surface area (TPSA) is 53.1 Å². The fraction of sp³-hybridized carbons (Fsp3) is 0.250. The Morgan fingerprint density at radius 2 is 1.77 bits per heavy atom. The van der Waals surface area contributed by atoms with Crippen LogP contribution in [0.3, 0.4) is 0 Å². The molecule has 0 spiro atoms. The number of rotatable bonds is 3. The van der Waals surface area contributed by atoms with Crippen molar-refractivity contribution in [1.82, 2.24) is 4.98 Å². The van der Waals surface area contributed by atoms with Crippen LogP contribution >= 0.6 is 0 Å². The predicted octanol–water partition coefficient (Wildman–Crippen LogP) is 5.22. The van der Waals surface area contributed by atoms with Crippen LogP contribution in [-0.4, -0.2) is 16.1 Å². The highest BCUT2D eigenvalue weighted by molar-refractivity contribution is 5.92. The number of carboxylic acid groups (broad SMARTS) is 1. The Kier molecular flexibility index (Phi) is 3.61. The second-order valence-electron chi connectivity index (χ2n) is 7.20. The molecule has 26 heavy (non-hydrogen) atoms. The third-order valence-electron chi connectivity index (χ3n) is 5.32. The minimum Gasteiger partial charge on any atom is -0.481 e. The number of aromatic amines is 1. The van der Waals surface area contributed by atoms with Crippen molar-refractivity contribution in [1.29, 1.82) is 0 Å². The van der Waals surface area contributed by atoms with Crippen LogP contribution in [0.1, 0.15) is 31.2 Å². The maximum absolute atomic E-state index is 14.3. The Morgan fingerprint density at radius 3 is 2.38 bits per heavy atom. The average Bonchev–Trinajstić information content (AvgIpc) is 2.91. The first-order chi connectivity index (χ1) is 12.3. The SMILES string of the molecule is CC1(C(=O)O)CC(c2c(-c3ccc(F)cc3)[nH]c3c(F)cc(F)cc23)C1. The van der Waals surface area contributed by atoms with Gasteiger partial charge in [-0.1, -0.05) is 0 Å². The van der Waals surface area contributed by atoms with Crippen LogP contribution in [0.5, 0.6) is 0 Å². The van der Waals surface area contributed by atoms with E-state index >= 15 is 0 Å². The van der Waals surface area contributed by atoms with Crippen LogP contribution in [-0.2, 0) is 4.79 Å². The zero-order valence-corrected chi connectivity index (χ0v) is 13.9. The predicted molar refractivity (Wildman–Crippen MR) is 91.3 cm³/mol. The zero-order chi connectivity index (χ0) is 18.6. The summed E-state index contributed by atoms with van der Waals surface area (Å²) >= 11 is 0. The zero-order valence-electron chi connectivity index (χ0n) is 13.9. The third kappa shape index (κ3) is 2.48. The fourth-order valence-corrected chi connectivity index (χ4v) is 3.91. The normalized spacial score (nSPS) is 22.4. The summed E-state index contributed by atoms with van der Waals surface area (Å²) in [6, 6.07) is 7.78. The first-order valence-corrected chi connectivity index (χ1v) is 8.28. The second-order valence-corrected chi connectivity index (χ2v) is 7.20. The molecule has 6 heteroatoms. The summed E-state index contributed by atoms with van der Waals surface area (Å²) < 4.78 is 41.3. The van der Waals surface area contributed by atoms with Gasteiger partial charge in [-0.3, -0.25) is 4.79 Å². The standard InChI is InChI=1S/C20H16F3NO2/c1-20(19(25)26)8-11(9-20)16-14-6-13(22)7-15(23)18(14)24-17(16)10-2-4-12(21)5-3-10/h2-7,11,24H,8-9H2,1H3,(H,25,26). The molecule has 2 N–H and O–H groups in total. The molecule has 4 rings (SSSR count). The van der Waals surface area contributed by atoms with Gasteiger partial charge >= 0.3 is 5.97 Å². The highest BCUT2D eigenvalue weighted by atomic mass is 19.1. The van der Waals surface area contributed by atoms with Gasteiger partial charge in [0, 0.05) is 11.5 Å². The highest BCUT2D eigenvalue weighted by Crippen LogP contribution is 2.54. The van der Waals surface area contributed by atoms with Crippen molar-refractivity contribution in [3.05, 3.63) is 59.4 Å². The van der Waals surface area contributed by atoms with E-state index in [0.717, 1.165) is 6.07 Å². The molecule has 1 saturated carbocycles. The van der Waals surface area contributed by atoms with Crippen molar-refractivity contribution in [3.63, 3.8) is 0 Å². The summed E-state index contributed by atoms with van der Waals surface area (Å²) in [5.41, 5.74) is 1.22. The average molecular weight is 359 g/mol. The summed E-state index contributed by atoms with van der Waals surface area (Å²) in [6.07, 6.45) is 0.753. The van der Waals surface area contributed by atoms with E-state index in [2.05, 4.69) is 4.98 Å². The Hall–Kier alpha value is -2.76. The monoisotopic (exact) mass is 359 g/mol. The number of hydrogen-bond donors (Lipinski definition) is 2. The summed E-state index contributed by atoms with van der Waals surface area (Å²) in [5, 5.41) is 9.76. The van der Waals surface area contributed by atoms with Gasteiger partial charge in [-0.15, -0.1) is 0 Å². The number of benzene rings is 2. The van der Waals surface area contributed by atoms with Gasteiger partial charge in [0.25, 0.3) is 0 Å². The van der Waals surface area contributed by atoms with Gasteiger partial charge in [-0.05, 0) is 67.1 Å². The highest BCUT2D eigenvalue weighted by Gasteiger charge is 2.48. The molecule has 1 aliphatic rings. The molecule has 3 aromatic rings. The molecule has 0 saturated heterocycles. The Morgan fingerprint density at radius 1 is 1.12 bits per heavy atom. The van der Waals surface area contributed by atoms with Crippen molar-refractivity contribution in [2.45, 2.75) is 25.7 Å². The molecule has 0 aliphatic heterocycles. The van der Waals surface area contributed by atoms with Crippen molar-refractivity contribution in [2.75, 3.05) is 0 Å². The molecule has 1 aliphatic carbocycles. The van der Waals surface area contributed by atoms with Crippen LogP contribution in [0.2, 0.25) is 0 Å². The molecule has 2 aromatic carbocycles. The number of aromatic nitrogens is 1. The van der Waals surface area contributed by atoms with Crippen LogP contribution in [0.15, 0.2) is 36.4 Å². The number of H-pyrrole nitrogens is 1. The molecular weight excluding hydrogens is 343 g/mol. The lowest BCUT2D eigenvalue weighted by atomic mass is 9.60. The molecule has 0 radical (unpaired) electrons. The van der Waals surface area contributed by atoms with Gasteiger partial charge in [0.05, 0.1) is 16.6 Å². The molecule has 1 aromatic heterocycles. The third-order valence-corrected chi connectivity index (χ3v) is 5.32. The van der Waals surface area contributed by atoms with Gasteiger partial charge in [-0.2, -0.15) is 0 Å². The number of carbonyl (C=O) groups is 1. The van der Waals surface area contributed by atoms with Crippen LogP contribution in [0.25, 0.3) is 22.2 Å². The van der Waals surface area contributed by atoms with E-state index in [1.165, 1.54) is 18.2 Å². The number of hydrogen-bond acceptors (Lipinski definition) is 1. The van der Waals surface area contributed by atoms with E-state index in [0.29, 0.717) is 35.0 Å². The van der Waals surface area contributed by atoms with E-state index in [-0.39, 0.29) is 11.4 Å². The molecule has 134 valence electrons. The Bertz CT molecular complexity index is 1020. The van der Waals surface area contributed by atoms with Crippen molar-refractivity contribution in [2.24, 2.45) is 5.41 Å².